The summed E-state index contributed by atoms with van der Waals surface area (Å²) in [4.78, 5) is 3.85. The zero-order valence-electron chi connectivity index (χ0n) is 5.14. The number of hydrogen-bond acceptors (Lipinski definition) is 2. The molecule has 2 N–H and O–H groups in total. The lowest BCUT2D eigenvalue weighted by molar-refractivity contribution is 1.05. The van der Waals surface area contributed by atoms with Crippen molar-refractivity contribution in [2.75, 3.05) is 0 Å². The van der Waals surface area contributed by atoms with Gasteiger partial charge >= 0.3 is 0 Å². The summed E-state index contributed by atoms with van der Waals surface area (Å²) in [6.07, 6.45) is 1.63. The van der Waals surface area contributed by atoms with Crippen molar-refractivity contribution >= 4 is 27.5 Å². The molecule has 0 atom stereocenters. The van der Waals surface area contributed by atoms with Gasteiger partial charge in [0.15, 0.2) is 0 Å². The fourth-order valence-corrected chi connectivity index (χ4v) is 1.19. The number of nitrogens with two attached hydrogens (primary N) is 1. The summed E-state index contributed by atoms with van der Waals surface area (Å²) in [6.45, 7) is 0.475. The van der Waals surface area contributed by atoms with Crippen molar-refractivity contribution in [2.45, 2.75) is 6.54 Å². The number of hydrogen-bond donors (Lipinski definition) is 1. The number of pyridine rings is 1. The lowest BCUT2D eigenvalue weighted by atomic mass is 10.3. The first-order chi connectivity index (χ1) is 4.75. The van der Waals surface area contributed by atoms with Gasteiger partial charge in [-0.3, -0.25) is 0 Å². The van der Waals surface area contributed by atoms with E-state index in [9.17, 15) is 0 Å². The van der Waals surface area contributed by atoms with Crippen LogP contribution in [0.1, 0.15) is 5.56 Å². The predicted molar refractivity (Wildman–Crippen MR) is 44.8 cm³/mol. The van der Waals surface area contributed by atoms with Gasteiger partial charge in [-0.1, -0.05) is 11.6 Å². The van der Waals surface area contributed by atoms with Crippen LogP contribution in [-0.2, 0) is 6.54 Å². The third-order valence-corrected chi connectivity index (χ3v) is 2.55. The maximum Gasteiger partial charge on any atom is 0.143 e. The molecule has 1 rings (SSSR count). The van der Waals surface area contributed by atoms with Crippen molar-refractivity contribution in [3.05, 3.63) is 27.5 Å². The quantitative estimate of drug-likeness (QED) is 0.736. The van der Waals surface area contributed by atoms with Gasteiger partial charge < -0.3 is 5.73 Å². The zero-order valence-corrected chi connectivity index (χ0v) is 7.48. The van der Waals surface area contributed by atoms with Gasteiger partial charge in [-0.05, 0) is 27.6 Å². The van der Waals surface area contributed by atoms with Crippen molar-refractivity contribution in [3.8, 4) is 0 Å². The minimum atomic E-state index is 0.461. The minimum absolute atomic E-state index is 0.461. The first-order valence-corrected chi connectivity index (χ1v) is 3.91. The van der Waals surface area contributed by atoms with Crippen LogP contribution in [0.4, 0.5) is 0 Å². The highest BCUT2D eigenvalue weighted by molar-refractivity contribution is 9.10. The molecular weight excluding hydrogens is 215 g/mol. The fraction of sp³-hybridized carbons (Fsp3) is 0.167. The standard InChI is InChI=1S/C6H6BrClN2/c7-5-4(3-9)1-2-10-6(5)8/h1-2H,3,9H2. The van der Waals surface area contributed by atoms with Crippen molar-refractivity contribution < 1.29 is 0 Å². The van der Waals surface area contributed by atoms with Crippen molar-refractivity contribution in [1.82, 2.24) is 4.98 Å². The molecule has 0 unspecified atom stereocenters. The molecule has 0 aliphatic rings. The second-order valence-corrected chi connectivity index (χ2v) is 2.93. The average Bonchev–Trinajstić information content (AvgIpc) is 1.95. The zero-order chi connectivity index (χ0) is 7.56. The van der Waals surface area contributed by atoms with Gasteiger partial charge in [0.05, 0.1) is 4.47 Å². The van der Waals surface area contributed by atoms with Crippen LogP contribution in [0.25, 0.3) is 0 Å². The summed E-state index contributed by atoms with van der Waals surface area (Å²) in [5.74, 6) is 0. The topological polar surface area (TPSA) is 38.9 Å². The number of aromatic nitrogens is 1. The molecule has 0 aliphatic heterocycles. The Balaban J connectivity index is 3.14. The molecule has 0 saturated carbocycles. The monoisotopic (exact) mass is 220 g/mol. The highest BCUT2D eigenvalue weighted by Crippen LogP contribution is 2.22. The van der Waals surface area contributed by atoms with Crippen LogP contribution in [0.5, 0.6) is 0 Å². The number of nitrogens with zero attached hydrogens (tertiary/aromatic N) is 1. The smallest absolute Gasteiger partial charge is 0.143 e. The molecule has 1 heterocycles. The Morgan fingerprint density at radius 2 is 2.40 bits per heavy atom. The Morgan fingerprint density at radius 3 is 2.90 bits per heavy atom. The van der Waals surface area contributed by atoms with Crippen LogP contribution in [-0.4, -0.2) is 4.98 Å². The third-order valence-electron chi connectivity index (χ3n) is 1.15. The normalized spacial score (nSPS) is 9.90. The second-order valence-electron chi connectivity index (χ2n) is 1.78. The first-order valence-electron chi connectivity index (χ1n) is 2.74. The molecule has 1 aromatic rings. The summed E-state index contributed by atoms with van der Waals surface area (Å²) in [6, 6.07) is 1.83. The Hall–Kier alpha value is -0.120. The average molecular weight is 221 g/mol. The van der Waals surface area contributed by atoms with Gasteiger partial charge in [0, 0.05) is 12.7 Å². The van der Waals surface area contributed by atoms with E-state index in [-0.39, 0.29) is 0 Å². The summed E-state index contributed by atoms with van der Waals surface area (Å²) >= 11 is 8.94. The minimum Gasteiger partial charge on any atom is -0.326 e. The van der Waals surface area contributed by atoms with E-state index in [2.05, 4.69) is 20.9 Å². The number of rotatable bonds is 1. The molecule has 1 aromatic heterocycles. The van der Waals surface area contributed by atoms with Gasteiger partial charge in [-0.2, -0.15) is 0 Å². The van der Waals surface area contributed by atoms with Crippen LogP contribution >= 0.6 is 27.5 Å². The predicted octanol–water partition coefficient (Wildman–Crippen LogP) is 1.96. The summed E-state index contributed by atoms with van der Waals surface area (Å²) in [5, 5.41) is 0.461. The lowest BCUT2D eigenvalue weighted by Gasteiger charge is -1.99. The van der Waals surface area contributed by atoms with Gasteiger partial charge in [0.25, 0.3) is 0 Å². The van der Waals surface area contributed by atoms with Crippen molar-refractivity contribution in [1.29, 1.82) is 0 Å². The SMILES string of the molecule is NCc1ccnc(Cl)c1Br. The second kappa shape index (κ2) is 3.32. The highest BCUT2D eigenvalue weighted by Gasteiger charge is 2.01. The van der Waals surface area contributed by atoms with Gasteiger partial charge in [-0.25, -0.2) is 4.98 Å². The van der Waals surface area contributed by atoms with Gasteiger partial charge in [-0.15, -0.1) is 0 Å². The maximum absolute atomic E-state index is 5.68. The Kier molecular flexibility index (Phi) is 2.65. The molecule has 0 aromatic carbocycles. The molecular formula is C6H6BrClN2. The van der Waals surface area contributed by atoms with E-state index in [4.69, 9.17) is 17.3 Å². The molecule has 0 amide bonds. The Morgan fingerprint density at radius 1 is 1.70 bits per heavy atom. The van der Waals surface area contributed by atoms with E-state index in [1.807, 2.05) is 6.07 Å². The van der Waals surface area contributed by atoms with E-state index < -0.39 is 0 Å². The molecule has 0 spiro atoms. The van der Waals surface area contributed by atoms with Gasteiger partial charge in [0.1, 0.15) is 5.15 Å². The summed E-state index contributed by atoms with van der Waals surface area (Å²) in [5.41, 5.74) is 6.38. The molecule has 0 bridgehead atoms. The fourth-order valence-electron chi connectivity index (χ4n) is 0.613. The molecule has 0 saturated heterocycles. The molecule has 10 heavy (non-hydrogen) atoms. The molecule has 54 valence electrons. The van der Waals surface area contributed by atoms with E-state index in [0.717, 1.165) is 10.0 Å². The Labute approximate surface area is 72.5 Å². The molecule has 2 nitrogen and oxygen atoms in total. The van der Waals surface area contributed by atoms with Crippen LogP contribution in [0.15, 0.2) is 16.7 Å². The summed E-state index contributed by atoms with van der Waals surface area (Å²) < 4.78 is 0.791. The van der Waals surface area contributed by atoms with E-state index in [0.29, 0.717) is 11.7 Å². The van der Waals surface area contributed by atoms with Crippen LogP contribution < -0.4 is 5.73 Å². The molecule has 4 heteroatoms. The first kappa shape index (κ1) is 7.98. The van der Waals surface area contributed by atoms with E-state index >= 15 is 0 Å². The molecule has 0 fully saturated rings. The van der Waals surface area contributed by atoms with Crippen LogP contribution in [0.3, 0.4) is 0 Å². The van der Waals surface area contributed by atoms with Crippen molar-refractivity contribution in [3.63, 3.8) is 0 Å². The third kappa shape index (κ3) is 1.48. The largest absolute Gasteiger partial charge is 0.326 e. The maximum atomic E-state index is 5.68. The molecule has 0 radical (unpaired) electrons. The lowest BCUT2D eigenvalue weighted by Crippen LogP contribution is -1.97. The van der Waals surface area contributed by atoms with Crippen LogP contribution in [0, 0.1) is 0 Å². The molecule has 0 aliphatic carbocycles. The van der Waals surface area contributed by atoms with Crippen LogP contribution in [0.2, 0.25) is 5.15 Å². The van der Waals surface area contributed by atoms with Crippen molar-refractivity contribution in [2.24, 2.45) is 5.73 Å². The van der Waals surface area contributed by atoms with E-state index in [1.165, 1.54) is 0 Å². The Bertz CT molecular complexity index is 239. The van der Waals surface area contributed by atoms with Gasteiger partial charge in [0.2, 0.25) is 0 Å². The van der Waals surface area contributed by atoms with E-state index in [1.54, 1.807) is 6.20 Å². The number of halogens is 2. The summed E-state index contributed by atoms with van der Waals surface area (Å²) in [7, 11) is 0. The highest BCUT2D eigenvalue weighted by atomic mass is 79.9.